The zero-order chi connectivity index (χ0) is 19.8. The third-order valence-corrected chi connectivity index (χ3v) is 6.01. The third kappa shape index (κ3) is 3.50. The minimum atomic E-state index is 0.0177. The first-order chi connectivity index (χ1) is 13.5. The van der Waals surface area contributed by atoms with E-state index in [1.165, 1.54) is 0 Å². The van der Waals surface area contributed by atoms with E-state index in [9.17, 15) is 4.79 Å². The van der Waals surface area contributed by atoms with Crippen molar-refractivity contribution in [2.24, 2.45) is 5.92 Å². The first-order valence-corrected chi connectivity index (χ1v) is 10.3. The van der Waals surface area contributed by atoms with Gasteiger partial charge in [0.1, 0.15) is 17.4 Å². The van der Waals surface area contributed by atoms with Crippen LogP contribution in [0.4, 0.5) is 5.82 Å². The van der Waals surface area contributed by atoms with E-state index < -0.39 is 0 Å². The molecule has 2 aromatic heterocycles. The van der Waals surface area contributed by atoms with Crippen LogP contribution >= 0.6 is 0 Å². The van der Waals surface area contributed by atoms with E-state index in [1.807, 2.05) is 25.7 Å². The van der Waals surface area contributed by atoms with Crippen LogP contribution in [-0.2, 0) is 17.8 Å². The number of hydrogen-bond acceptors (Lipinski definition) is 6. The molecule has 5 rings (SSSR count). The highest BCUT2D eigenvalue weighted by Crippen LogP contribution is 2.33. The number of rotatable bonds is 5. The Morgan fingerprint density at radius 2 is 2.00 bits per heavy atom. The Morgan fingerprint density at radius 1 is 1.18 bits per heavy atom. The van der Waals surface area contributed by atoms with Crippen LogP contribution in [0.15, 0.2) is 10.6 Å². The molecular weight excluding hydrogens is 354 g/mol. The lowest BCUT2D eigenvalue weighted by Gasteiger charge is -2.35. The first-order valence-electron chi connectivity index (χ1n) is 10.3. The van der Waals surface area contributed by atoms with E-state index in [-0.39, 0.29) is 17.9 Å². The molecule has 2 aromatic rings. The van der Waals surface area contributed by atoms with E-state index >= 15 is 0 Å². The minimum absolute atomic E-state index is 0.0177. The standard InChI is InChI=1S/C21H29N5O2/c1-5-6-17-9-20(23-15(4)22-17)25-10-16-7-8-18(11-25)26(21(16)27)12-19-13(2)24-28-14(19)3/h9,16,18H,5-8,10-12H2,1-4H3/t16-,18+/m0/s1. The number of aryl methyl sites for hydroxylation is 4. The van der Waals surface area contributed by atoms with Crippen molar-refractivity contribution in [1.82, 2.24) is 20.0 Å². The SMILES string of the molecule is CCCc1cc(N2C[C@@H]3CC[C@H](C2)N(Cc2c(C)noc2C)C3=O)nc(C)n1. The van der Waals surface area contributed by atoms with Gasteiger partial charge in [-0.05, 0) is 40.0 Å². The molecule has 28 heavy (non-hydrogen) atoms. The predicted molar refractivity (Wildman–Crippen MR) is 106 cm³/mol. The Labute approximate surface area is 166 Å². The molecule has 7 nitrogen and oxygen atoms in total. The number of aromatic nitrogens is 3. The number of anilines is 1. The van der Waals surface area contributed by atoms with Gasteiger partial charge in [0.05, 0.1) is 18.2 Å². The van der Waals surface area contributed by atoms with Crippen LogP contribution in [0, 0.1) is 26.7 Å². The van der Waals surface area contributed by atoms with Crippen molar-refractivity contribution in [3.8, 4) is 0 Å². The average molecular weight is 383 g/mol. The molecule has 3 saturated heterocycles. The number of nitrogens with zero attached hydrogens (tertiary/aromatic N) is 5. The van der Waals surface area contributed by atoms with Crippen molar-refractivity contribution < 1.29 is 9.32 Å². The van der Waals surface area contributed by atoms with Gasteiger partial charge in [-0.1, -0.05) is 18.5 Å². The summed E-state index contributed by atoms with van der Waals surface area (Å²) in [5, 5.41) is 4.05. The highest BCUT2D eigenvalue weighted by molar-refractivity contribution is 5.81. The summed E-state index contributed by atoms with van der Waals surface area (Å²) in [4.78, 5) is 26.8. The summed E-state index contributed by atoms with van der Waals surface area (Å²) in [6.45, 7) is 10.1. The zero-order valence-electron chi connectivity index (χ0n) is 17.2. The van der Waals surface area contributed by atoms with E-state index in [1.54, 1.807) is 0 Å². The molecule has 0 unspecified atom stereocenters. The maximum Gasteiger partial charge on any atom is 0.228 e. The average Bonchev–Trinajstić information content (AvgIpc) is 2.84. The molecule has 0 aromatic carbocycles. The van der Waals surface area contributed by atoms with Gasteiger partial charge < -0.3 is 14.3 Å². The molecule has 0 radical (unpaired) electrons. The van der Waals surface area contributed by atoms with Gasteiger partial charge in [0.15, 0.2) is 0 Å². The fourth-order valence-electron chi connectivity index (χ4n) is 4.49. The van der Waals surface area contributed by atoms with Gasteiger partial charge >= 0.3 is 0 Å². The van der Waals surface area contributed by atoms with Gasteiger partial charge in [-0.25, -0.2) is 9.97 Å². The maximum absolute atomic E-state index is 13.2. The summed E-state index contributed by atoms with van der Waals surface area (Å²) in [6, 6.07) is 2.29. The molecule has 3 fully saturated rings. The van der Waals surface area contributed by atoms with Crippen molar-refractivity contribution in [2.45, 2.75) is 66.0 Å². The Balaban J connectivity index is 1.60. The highest BCUT2D eigenvalue weighted by Gasteiger charge is 2.41. The fourth-order valence-corrected chi connectivity index (χ4v) is 4.49. The number of fused-ring (bicyclic) bond motifs is 4. The molecule has 150 valence electrons. The molecule has 0 N–H and O–H groups in total. The zero-order valence-corrected chi connectivity index (χ0v) is 17.2. The molecule has 1 amide bonds. The van der Waals surface area contributed by atoms with Crippen molar-refractivity contribution in [2.75, 3.05) is 18.0 Å². The largest absolute Gasteiger partial charge is 0.361 e. The summed E-state index contributed by atoms with van der Waals surface area (Å²) in [7, 11) is 0. The Kier molecular flexibility index (Phi) is 5.08. The highest BCUT2D eigenvalue weighted by atomic mass is 16.5. The minimum Gasteiger partial charge on any atom is -0.361 e. The molecule has 2 atom stereocenters. The summed E-state index contributed by atoms with van der Waals surface area (Å²) < 4.78 is 5.31. The summed E-state index contributed by atoms with van der Waals surface area (Å²) in [6.07, 6.45) is 3.99. The van der Waals surface area contributed by atoms with Crippen LogP contribution in [0.25, 0.3) is 0 Å². The number of carbonyl (C=O) groups excluding carboxylic acids is 1. The molecule has 0 saturated carbocycles. The van der Waals surface area contributed by atoms with Crippen molar-refractivity contribution >= 4 is 11.7 Å². The van der Waals surface area contributed by atoms with Gasteiger partial charge in [0, 0.05) is 36.5 Å². The molecular formula is C21H29N5O2. The quantitative estimate of drug-likeness (QED) is 0.790. The number of piperidine rings is 1. The Hall–Kier alpha value is -2.44. The number of carbonyl (C=O) groups is 1. The van der Waals surface area contributed by atoms with Gasteiger partial charge in [0.25, 0.3) is 0 Å². The molecule has 5 heterocycles. The lowest BCUT2D eigenvalue weighted by molar-refractivity contribution is -0.140. The Morgan fingerprint density at radius 3 is 2.71 bits per heavy atom. The van der Waals surface area contributed by atoms with Crippen LogP contribution in [0.5, 0.6) is 0 Å². The molecule has 3 aliphatic rings. The predicted octanol–water partition coefficient (Wildman–Crippen LogP) is 2.97. The van der Waals surface area contributed by atoms with Crippen LogP contribution in [0.2, 0.25) is 0 Å². The molecule has 2 bridgehead atoms. The smallest absolute Gasteiger partial charge is 0.228 e. The Bertz CT molecular complexity index is 858. The van der Waals surface area contributed by atoms with Gasteiger partial charge in [0.2, 0.25) is 5.91 Å². The summed E-state index contributed by atoms with van der Waals surface area (Å²) >= 11 is 0. The van der Waals surface area contributed by atoms with Gasteiger partial charge in [-0.15, -0.1) is 0 Å². The van der Waals surface area contributed by atoms with Crippen molar-refractivity contribution in [3.63, 3.8) is 0 Å². The lowest BCUT2D eigenvalue weighted by Crippen LogP contribution is -2.47. The van der Waals surface area contributed by atoms with E-state index in [0.717, 1.165) is 73.1 Å². The van der Waals surface area contributed by atoms with E-state index in [2.05, 4.69) is 28.0 Å². The molecule has 7 heteroatoms. The first kappa shape index (κ1) is 18.9. The number of amides is 1. The van der Waals surface area contributed by atoms with Crippen molar-refractivity contribution in [3.05, 3.63) is 34.6 Å². The normalized spacial score (nSPS) is 22.1. The summed E-state index contributed by atoms with van der Waals surface area (Å²) in [5.41, 5.74) is 2.99. The maximum atomic E-state index is 13.2. The monoisotopic (exact) mass is 383 g/mol. The lowest BCUT2D eigenvalue weighted by atomic mass is 9.93. The van der Waals surface area contributed by atoms with Crippen LogP contribution in [0.1, 0.15) is 54.7 Å². The molecule has 0 aliphatic carbocycles. The molecule has 0 spiro atoms. The summed E-state index contributed by atoms with van der Waals surface area (Å²) in [5.74, 6) is 2.83. The third-order valence-electron chi connectivity index (χ3n) is 6.01. The van der Waals surface area contributed by atoms with E-state index in [4.69, 9.17) is 9.51 Å². The number of hydrogen-bond donors (Lipinski definition) is 0. The second kappa shape index (κ2) is 7.53. The topological polar surface area (TPSA) is 75.4 Å². The van der Waals surface area contributed by atoms with Gasteiger partial charge in [-0.2, -0.15) is 0 Å². The van der Waals surface area contributed by atoms with E-state index in [0.29, 0.717) is 6.54 Å². The van der Waals surface area contributed by atoms with Crippen molar-refractivity contribution in [1.29, 1.82) is 0 Å². The second-order valence-corrected chi connectivity index (χ2v) is 8.12. The van der Waals surface area contributed by atoms with Gasteiger partial charge in [-0.3, -0.25) is 4.79 Å². The fraction of sp³-hybridized carbons (Fsp3) is 0.619. The van der Waals surface area contributed by atoms with Crippen LogP contribution in [0.3, 0.4) is 0 Å². The second-order valence-electron chi connectivity index (χ2n) is 8.12. The molecule has 3 aliphatic heterocycles. The van der Waals surface area contributed by atoms with Crippen LogP contribution in [-0.4, -0.2) is 45.1 Å². The van der Waals surface area contributed by atoms with Crippen LogP contribution < -0.4 is 4.90 Å².